The summed E-state index contributed by atoms with van der Waals surface area (Å²) in [4.78, 5) is 25.2. The summed E-state index contributed by atoms with van der Waals surface area (Å²) < 4.78 is 0. The number of hydrogen-bond acceptors (Lipinski definition) is 3. The molecule has 2 N–H and O–H groups in total. The smallest absolute Gasteiger partial charge is 0.308 e. The molecule has 6 nitrogen and oxygen atoms in total. The molecular formula is C15H15Cl2N3O3. The van der Waals surface area contributed by atoms with E-state index < -0.39 is 11.9 Å². The Labute approximate surface area is 143 Å². The van der Waals surface area contributed by atoms with Crippen LogP contribution in [0.2, 0.25) is 5.02 Å². The van der Waals surface area contributed by atoms with Crippen molar-refractivity contribution in [2.75, 3.05) is 13.1 Å². The van der Waals surface area contributed by atoms with Crippen LogP contribution >= 0.6 is 24.0 Å². The summed E-state index contributed by atoms with van der Waals surface area (Å²) in [7, 11) is 0. The molecule has 0 radical (unpaired) electrons. The molecule has 1 aliphatic heterocycles. The molecule has 1 aromatic heterocycles. The predicted molar refractivity (Wildman–Crippen MR) is 87.9 cm³/mol. The second-order valence-corrected chi connectivity index (χ2v) is 5.68. The number of H-pyrrole nitrogens is 1. The van der Waals surface area contributed by atoms with Gasteiger partial charge in [-0.3, -0.25) is 14.7 Å². The van der Waals surface area contributed by atoms with Crippen LogP contribution in [0.25, 0.3) is 11.3 Å². The SMILES string of the molecule is Cl.O=C(O)C1CCN(C(=O)c2cn[nH]c2-c2cccc(Cl)c2)C1. The molecule has 1 aliphatic rings. The highest BCUT2D eigenvalue weighted by Gasteiger charge is 2.32. The first-order valence-electron chi connectivity index (χ1n) is 6.87. The first-order chi connectivity index (χ1) is 10.6. The molecule has 0 bridgehead atoms. The molecular weight excluding hydrogens is 341 g/mol. The molecule has 1 saturated heterocycles. The summed E-state index contributed by atoms with van der Waals surface area (Å²) in [6.07, 6.45) is 1.94. The van der Waals surface area contributed by atoms with Gasteiger partial charge in [-0.05, 0) is 18.6 Å². The molecule has 1 atom stereocenters. The molecule has 1 amide bonds. The van der Waals surface area contributed by atoms with Crippen LogP contribution in [0, 0.1) is 5.92 Å². The van der Waals surface area contributed by atoms with Gasteiger partial charge in [0.25, 0.3) is 5.91 Å². The summed E-state index contributed by atoms with van der Waals surface area (Å²) in [6, 6.07) is 7.13. The summed E-state index contributed by atoms with van der Waals surface area (Å²) >= 11 is 5.98. The van der Waals surface area contributed by atoms with Crippen LogP contribution in [0.1, 0.15) is 16.8 Å². The van der Waals surface area contributed by atoms with Crippen molar-refractivity contribution in [2.24, 2.45) is 5.92 Å². The van der Waals surface area contributed by atoms with Gasteiger partial charge in [0.1, 0.15) is 0 Å². The standard InChI is InChI=1S/C15H14ClN3O3.ClH/c16-11-3-1-2-9(6-11)13-12(7-17-18-13)14(20)19-5-4-10(8-19)15(21)22;/h1-3,6-7,10H,4-5,8H2,(H,17,18)(H,21,22);1H. The quantitative estimate of drug-likeness (QED) is 0.885. The third-order valence-electron chi connectivity index (χ3n) is 3.81. The van der Waals surface area contributed by atoms with Crippen molar-refractivity contribution in [3.8, 4) is 11.3 Å². The Kier molecular flexibility index (Phi) is 5.28. The maximum Gasteiger partial charge on any atom is 0.308 e. The molecule has 1 unspecified atom stereocenters. The van der Waals surface area contributed by atoms with Crippen molar-refractivity contribution in [1.29, 1.82) is 0 Å². The molecule has 2 heterocycles. The van der Waals surface area contributed by atoms with Crippen LogP contribution in [0.15, 0.2) is 30.5 Å². The topological polar surface area (TPSA) is 86.3 Å². The Hall–Kier alpha value is -2.05. The van der Waals surface area contributed by atoms with E-state index in [0.717, 1.165) is 5.56 Å². The highest BCUT2D eigenvalue weighted by Crippen LogP contribution is 2.26. The lowest BCUT2D eigenvalue weighted by Gasteiger charge is -2.15. The minimum Gasteiger partial charge on any atom is -0.481 e. The number of aromatic nitrogens is 2. The minimum atomic E-state index is -0.863. The summed E-state index contributed by atoms with van der Waals surface area (Å²) in [5.41, 5.74) is 1.78. The molecule has 8 heteroatoms. The number of carboxylic acids is 1. The molecule has 0 aliphatic carbocycles. The average molecular weight is 356 g/mol. The molecule has 122 valence electrons. The molecule has 3 rings (SSSR count). The van der Waals surface area contributed by atoms with Crippen LogP contribution < -0.4 is 0 Å². The van der Waals surface area contributed by atoms with E-state index in [1.165, 1.54) is 6.20 Å². The molecule has 0 saturated carbocycles. The number of likely N-dealkylation sites (tertiary alicyclic amines) is 1. The lowest BCUT2D eigenvalue weighted by atomic mass is 10.1. The van der Waals surface area contributed by atoms with Gasteiger partial charge in [-0.1, -0.05) is 23.7 Å². The zero-order valence-corrected chi connectivity index (χ0v) is 13.6. The Morgan fingerprint density at radius 3 is 2.83 bits per heavy atom. The Balaban J connectivity index is 0.00000192. The maximum atomic E-state index is 12.6. The highest BCUT2D eigenvalue weighted by molar-refractivity contribution is 6.30. The fraction of sp³-hybridized carbons (Fsp3) is 0.267. The van der Waals surface area contributed by atoms with Crippen molar-refractivity contribution in [2.45, 2.75) is 6.42 Å². The van der Waals surface area contributed by atoms with Crippen molar-refractivity contribution in [3.05, 3.63) is 41.0 Å². The van der Waals surface area contributed by atoms with Crippen LogP contribution in [0.4, 0.5) is 0 Å². The number of hydrogen-bond donors (Lipinski definition) is 2. The monoisotopic (exact) mass is 355 g/mol. The van der Waals surface area contributed by atoms with Crippen LogP contribution in [0.3, 0.4) is 0 Å². The van der Waals surface area contributed by atoms with E-state index in [4.69, 9.17) is 16.7 Å². The molecule has 0 spiro atoms. The Morgan fingerprint density at radius 2 is 2.17 bits per heavy atom. The first kappa shape index (κ1) is 17.3. The highest BCUT2D eigenvalue weighted by atomic mass is 35.5. The number of aliphatic carboxylic acids is 1. The summed E-state index contributed by atoms with van der Waals surface area (Å²) in [5, 5.41) is 16.4. The van der Waals surface area contributed by atoms with Crippen LogP contribution in [0.5, 0.6) is 0 Å². The van der Waals surface area contributed by atoms with Gasteiger partial charge >= 0.3 is 5.97 Å². The molecule has 1 aromatic carbocycles. The number of rotatable bonds is 3. The van der Waals surface area contributed by atoms with Crippen molar-refractivity contribution in [3.63, 3.8) is 0 Å². The van der Waals surface area contributed by atoms with E-state index in [0.29, 0.717) is 29.2 Å². The lowest BCUT2D eigenvalue weighted by Crippen LogP contribution is -2.30. The van der Waals surface area contributed by atoms with Crippen molar-refractivity contribution < 1.29 is 14.7 Å². The third kappa shape index (κ3) is 3.48. The number of nitrogens with zero attached hydrogens (tertiary/aromatic N) is 2. The van der Waals surface area contributed by atoms with E-state index in [1.807, 2.05) is 6.07 Å². The van der Waals surface area contributed by atoms with Gasteiger partial charge in [-0.15, -0.1) is 12.4 Å². The van der Waals surface area contributed by atoms with E-state index in [-0.39, 0.29) is 24.9 Å². The third-order valence-corrected chi connectivity index (χ3v) is 4.04. The van der Waals surface area contributed by atoms with Gasteiger partial charge in [0.05, 0.1) is 23.4 Å². The van der Waals surface area contributed by atoms with Gasteiger partial charge in [0.2, 0.25) is 0 Å². The average Bonchev–Trinajstić information content (AvgIpc) is 3.16. The number of carbonyl (C=O) groups is 2. The largest absolute Gasteiger partial charge is 0.481 e. The Morgan fingerprint density at radius 1 is 1.39 bits per heavy atom. The number of aromatic amines is 1. The van der Waals surface area contributed by atoms with E-state index in [2.05, 4.69) is 10.2 Å². The van der Waals surface area contributed by atoms with Gasteiger partial charge in [0, 0.05) is 23.7 Å². The number of nitrogens with one attached hydrogen (secondary N) is 1. The first-order valence-corrected chi connectivity index (χ1v) is 7.25. The number of halogens is 2. The van der Waals surface area contributed by atoms with E-state index in [9.17, 15) is 9.59 Å². The fourth-order valence-corrected chi connectivity index (χ4v) is 2.82. The second-order valence-electron chi connectivity index (χ2n) is 5.24. The van der Waals surface area contributed by atoms with Crippen molar-refractivity contribution in [1.82, 2.24) is 15.1 Å². The Bertz CT molecular complexity index is 732. The van der Waals surface area contributed by atoms with E-state index in [1.54, 1.807) is 23.1 Å². The number of benzene rings is 1. The normalized spacial score (nSPS) is 16.9. The summed E-state index contributed by atoms with van der Waals surface area (Å²) in [6.45, 7) is 0.671. The van der Waals surface area contributed by atoms with Gasteiger partial charge < -0.3 is 10.0 Å². The van der Waals surface area contributed by atoms with Crippen LogP contribution in [-0.2, 0) is 4.79 Å². The van der Waals surface area contributed by atoms with Gasteiger partial charge in [-0.2, -0.15) is 5.10 Å². The van der Waals surface area contributed by atoms with Crippen molar-refractivity contribution >= 4 is 35.9 Å². The number of amides is 1. The zero-order chi connectivity index (χ0) is 15.7. The molecule has 23 heavy (non-hydrogen) atoms. The zero-order valence-electron chi connectivity index (χ0n) is 12.0. The second kappa shape index (κ2) is 7.02. The molecule has 1 fully saturated rings. The van der Waals surface area contributed by atoms with Crippen LogP contribution in [-0.4, -0.2) is 45.2 Å². The lowest BCUT2D eigenvalue weighted by molar-refractivity contribution is -0.141. The fourth-order valence-electron chi connectivity index (χ4n) is 2.63. The molecule has 2 aromatic rings. The minimum absolute atomic E-state index is 0. The van der Waals surface area contributed by atoms with Gasteiger partial charge in [0.15, 0.2) is 0 Å². The predicted octanol–water partition coefficient (Wildman–Crippen LogP) is 2.70. The maximum absolute atomic E-state index is 12.6. The summed E-state index contributed by atoms with van der Waals surface area (Å²) in [5.74, 6) is -1.57. The van der Waals surface area contributed by atoms with E-state index >= 15 is 0 Å². The number of carbonyl (C=O) groups excluding carboxylic acids is 1. The van der Waals surface area contributed by atoms with Gasteiger partial charge in [-0.25, -0.2) is 0 Å². The number of carboxylic acid groups (broad SMARTS) is 1.